The van der Waals surface area contributed by atoms with Crippen LogP contribution in [0.4, 0.5) is 29.2 Å². The molecule has 0 bridgehead atoms. The van der Waals surface area contributed by atoms with E-state index in [1.165, 1.54) is 23.1 Å². The zero-order chi connectivity index (χ0) is 18.4. The molecule has 0 fully saturated rings. The molecule has 0 saturated carbocycles. The summed E-state index contributed by atoms with van der Waals surface area (Å²) in [5, 5.41) is 0. The van der Waals surface area contributed by atoms with E-state index in [0.717, 1.165) is 6.42 Å². The van der Waals surface area contributed by atoms with Crippen LogP contribution in [0.2, 0.25) is 0 Å². The monoisotopic (exact) mass is 357 g/mol. The van der Waals surface area contributed by atoms with Crippen LogP contribution in [0, 0.1) is 5.82 Å². The summed E-state index contributed by atoms with van der Waals surface area (Å²) < 4.78 is 58.6. The average molecular weight is 357 g/mol. The van der Waals surface area contributed by atoms with E-state index in [1.54, 1.807) is 13.0 Å². The number of rotatable bonds is 7. The highest BCUT2D eigenvalue weighted by Crippen LogP contribution is 2.36. The van der Waals surface area contributed by atoms with Crippen molar-refractivity contribution < 1.29 is 22.3 Å². The van der Waals surface area contributed by atoms with Gasteiger partial charge in [-0.3, -0.25) is 0 Å². The fraction of sp³-hybridized carbons (Fsp3) is 0.412. The SMILES string of the molecule is CCCCOc1nc(N(CC)c2ccccc2F)ncc1C(F)(F)F. The summed E-state index contributed by atoms with van der Waals surface area (Å²) in [6.07, 6.45) is -2.58. The van der Waals surface area contributed by atoms with Gasteiger partial charge < -0.3 is 9.64 Å². The van der Waals surface area contributed by atoms with E-state index in [2.05, 4.69) is 9.97 Å². The maximum absolute atomic E-state index is 14.0. The first-order chi connectivity index (χ1) is 11.9. The van der Waals surface area contributed by atoms with E-state index >= 15 is 0 Å². The molecule has 0 spiro atoms. The Morgan fingerprint density at radius 3 is 2.48 bits per heavy atom. The molecule has 1 aromatic carbocycles. The summed E-state index contributed by atoms with van der Waals surface area (Å²) >= 11 is 0. The number of aromatic nitrogens is 2. The molecule has 0 aliphatic heterocycles. The van der Waals surface area contributed by atoms with Crippen LogP contribution in [0.3, 0.4) is 0 Å². The number of hydrogen-bond donors (Lipinski definition) is 0. The minimum absolute atomic E-state index is 0.0490. The second-order valence-electron chi connectivity index (χ2n) is 5.28. The van der Waals surface area contributed by atoms with E-state index in [4.69, 9.17) is 4.74 Å². The van der Waals surface area contributed by atoms with Crippen LogP contribution >= 0.6 is 0 Å². The average Bonchev–Trinajstić information content (AvgIpc) is 2.57. The summed E-state index contributed by atoms with van der Waals surface area (Å²) in [6, 6.07) is 5.93. The minimum Gasteiger partial charge on any atom is -0.477 e. The van der Waals surface area contributed by atoms with Gasteiger partial charge in [0.2, 0.25) is 11.8 Å². The van der Waals surface area contributed by atoms with Gasteiger partial charge in [0.15, 0.2) is 0 Å². The summed E-state index contributed by atoms with van der Waals surface area (Å²) in [7, 11) is 0. The third-order valence-corrected chi connectivity index (χ3v) is 3.48. The normalized spacial score (nSPS) is 11.4. The zero-order valence-corrected chi connectivity index (χ0v) is 14.0. The van der Waals surface area contributed by atoms with E-state index in [0.29, 0.717) is 12.6 Å². The van der Waals surface area contributed by atoms with Crippen LogP contribution in [0.15, 0.2) is 30.5 Å². The maximum atomic E-state index is 14.0. The Balaban J connectivity index is 2.43. The third kappa shape index (κ3) is 4.58. The van der Waals surface area contributed by atoms with Gasteiger partial charge in [0, 0.05) is 12.7 Å². The number of ether oxygens (including phenoxy) is 1. The largest absolute Gasteiger partial charge is 0.477 e. The fourth-order valence-electron chi connectivity index (χ4n) is 2.20. The smallest absolute Gasteiger partial charge is 0.423 e. The second kappa shape index (κ2) is 8.13. The number of hydrogen-bond acceptors (Lipinski definition) is 4. The second-order valence-corrected chi connectivity index (χ2v) is 5.28. The van der Waals surface area contributed by atoms with Crippen molar-refractivity contribution in [3.63, 3.8) is 0 Å². The van der Waals surface area contributed by atoms with Crippen molar-refractivity contribution in [1.82, 2.24) is 9.97 Å². The molecule has 1 aromatic heterocycles. The molecule has 4 nitrogen and oxygen atoms in total. The topological polar surface area (TPSA) is 38.2 Å². The Kier molecular flexibility index (Phi) is 6.17. The Morgan fingerprint density at radius 2 is 1.88 bits per heavy atom. The quantitative estimate of drug-likeness (QED) is 0.518. The fourth-order valence-corrected chi connectivity index (χ4v) is 2.20. The zero-order valence-electron chi connectivity index (χ0n) is 14.0. The Hall–Kier alpha value is -2.38. The summed E-state index contributed by atoms with van der Waals surface area (Å²) in [5.41, 5.74) is -0.860. The molecular weight excluding hydrogens is 338 g/mol. The first-order valence-corrected chi connectivity index (χ1v) is 7.97. The molecule has 0 aliphatic carbocycles. The highest BCUT2D eigenvalue weighted by atomic mass is 19.4. The van der Waals surface area contributed by atoms with Gasteiger partial charge in [-0.2, -0.15) is 18.2 Å². The van der Waals surface area contributed by atoms with Crippen molar-refractivity contribution in [3.05, 3.63) is 41.8 Å². The first-order valence-electron chi connectivity index (χ1n) is 7.97. The predicted octanol–water partition coefficient (Wildman–Crippen LogP) is 4.97. The van der Waals surface area contributed by atoms with Gasteiger partial charge in [-0.25, -0.2) is 9.37 Å². The van der Waals surface area contributed by atoms with Crippen molar-refractivity contribution in [3.8, 4) is 5.88 Å². The molecule has 0 unspecified atom stereocenters. The van der Waals surface area contributed by atoms with Gasteiger partial charge in [-0.1, -0.05) is 25.5 Å². The van der Waals surface area contributed by atoms with Crippen LogP contribution in [0.25, 0.3) is 0 Å². The molecular formula is C17H19F4N3O. The summed E-state index contributed by atoms with van der Waals surface area (Å²) in [5.74, 6) is -1.10. The Morgan fingerprint density at radius 1 is 1.16 bits per heavy atom. The molecule has 2 aromatic rings. The number of anilines is 2. The van der Waals surface area contributed by atoms with Crippen molar-refractivity contribution in [1.29, 1.82) is 0 Å². The van der Waals surface area contributed by atoms with Crippen molar-refractivity contribution >= 4 is 11.6 Å². The standard InChI is InChI=1S/C17H19F4N3O/c1-3-5-10-25-15-12(17(19,20)21)11-22-16(23-15)24(4-2)14-9-7-6-8-13(14)18/h6-9,11H,3-5,10H2,1-2H3. The van der Waals surface area contributed by atoms with Crippen LogP contribution < -0.4 is 9.64 Å². The molecule has 0 atom stereocenters. The number of para-hydroxylation sites is 1. The number of unbranched alkanes of at least 4 members (excludes halogenated alkanes) is 1. The van der Waals surface area contributed by atoms with Gasteiger partial charge in [0.1, 0.15) is 11.4 Å². The van der Waals surface area contributed by atoms with E-state index in [1.807, 2.05) is 6.92 Å². The van der Waals surface area contributed by atoms with E-state index < -0.39 is 23.4 Å². The van der Waals surface area contributed by atoms with E-state index in [9.17, 15) is 17.6 Å². The highest BCUT2D eigenvalue weighted by molar-refractivity contribution is 5.58. The Bertz CT molecular complexity index is 707. The number of benzene rings is 1. The lowest BCUT2D eigenvalue weighted by atomic mass is 10.2. The lowest BCUT2D eigenvalue weighted by Crippen LogP contribution is -2.21. The van der Waals surface area contributed by atoms with Crippen LogP contribution in [0.1, 0.15) is 32.3 Å². The molecule has 1 heterocycles. The van der Waals surface area contributed by atoms with Gasteiger partial charge in [-0.15, -0.1) is 0 Å². The van der Waals surface area contributed by atoms with Gasteiger partial charge in [0.25, 0.3) is 0 Å². The molecule has 0 N–H and O–H groups in total. The lowest BCUT2D eigenvalue weighted by Gasteiger charge is -2.22. The molecule has 0 amide bonds. The van der Waals surface area contributed by atoms with Crippen LogP contribution in [-0.2, 0) is 6.18 Å². The first kappa shape index (κ1) is 19.0. The summed E-state index contributed by atoms with van der Waals surface area (Å²) in [4.78, 5) is 9.07. The predicted molar refractivity (Wildman–Crippen MR) is 86.5 cm³/mol. The number of nitrogens with zero attached hydrogens (tertiary/aromatic N) is 3. The van der Waals surface area contributed by atoms with Gasteiger partial charge in [-0.05, 0) is 25.5 Å². The van der Waals surface area contributed by atoms with Crippen molar-refractivity contribution in [2.45, 2.75) is 32.9 Å². The molecule has 0 radical (unpaired) electrons. The highest BCUT2D eigenvalue weighted by Gasteiger charge is 2.36. The molecule has 25 heavy (non-hydrogen) atoms. The van der Waals surface area contributed by atoms with E-state index in [-0.39, 0.29) is 24.8 Å². The molecule has 136 valence electrons. The maximum Gasteiger partial charge on any atom is 0.423 e. The number of halogens is 4. The number of alkyl halides is 3. The minimum atomic E-state index is -4.63. The summed E-state index contributed by atoms with van der Waals surface area (Å²) in [6.45, 7) is 4.02. The van der Waals surface area contributed by atoms with Gasteiger partial charge >= 0.3 is 6.18 Å². The molecule has 8 heteroatoms. The van der Waals surface area contributed by atoms with Crippen LogP contribution in [0.5, 0.6) is 5.88 Å². The van der Waals surface area contributed by atoms with Crippen LogP contribution in [-0.4, -0.2) is 23.1 Å². The molecule has 2 rings (SSSR count). The lowest BCUT2D eigenvalue weighted by molar-refractivity contribution is -0.139. The molecule has 0 saturated heterocycles. The third-order valence-electron chi connectivity index (χ3n) is 3.48. The van der Waals surface area contributed by atoms with Gasteiger partial charge in [0.05, 0.1) is 12.3 Å². The Labute approximate surface area is 143 Å². The van der Waals surface area contributed by atoms with Crippen molar-refractivity contribution in [2.24, 2.45) is 0 Å². The molecule has 0 aliphatic rings. The van der Waals surface area contributed by atoms with Crippen molar-refractivity contribution in [2.75, 3.05) is 18.1 Å².